The van der Waals surface area contributed by atoms with E-state index in [9.17, 15) is 9.90 Å². The summed E-state index contributed by atoms with van der Waals surface area (Å²) in [7, 11) is 0. The average molecular weight is 403 g/mol. The van der Waals surface area contributed by atoms with Gasteiger partial charge in [-0.25, -0.2) is 0 Å². The maximum atomic E-state index is 12.6. The Hall–Kier alpha value is -1.44. The van der Waals surface area contributed by atoms with Crippen LogP contribution in [0.3, 0.4) is 0 Å². The molecule has 29 heavy (non-hydrogen) atoms. The van der Waals surface area contributed by atoms with E-state index >= 15 is 0 Å². The van der Waals surface area contributed by atoms with Crippen LogP contribution in [0.15, 0.2) is 10.6 Å². The number of hydrogen-bond acceptors (Lipinski definition) is 6. The molecule has 3 saturated heterocycles. The molecule has 7 nitrogen and oxygen atoms in total. The van der Waals surface area contributed by atoms with E-state index in [2.05, 4.69) is 20.3 Å². The van der Waals surface area contributed by atoms with Crippen molar-refractivity contribution in [1.29, 1.82) is 0 Å². The Morgan fingerprint density at radius 1 is 1.21 bits per heavy atom. The van der Waals surface area contributed by atoms with Crippen molar-refractivity contribution < 1.29 is 14.4 Å². The van der Waals surface area contributed by atoms with Gasteiger partial charge in [0.15, 0.2) is 5.69 Å². The molecule has 1 aliphatic carbocycles. The van der Waals surface area contributed by atoms with Gasteiger partial charge in [-0.05, 0) is 63.8 Å². The lowest BCUT2D eigenvalue weighted by atomic mass is 9.92. The standard InChI is InChI=1S/C22H34N4O3/c27-9-8-25-7-1-2-15(13-25)14-26-18-5-6-19(26)11-17(10-18)23-22(28)20-12-21(29-24-20)16-3-4-16/h12,15-19,27H,1-11,13-14H2,(H,23,28)/t15-,17-,18+,19-/m0/s1. The van der Waals surface area contributed by atoms with Crippen LogP contribution in [0.25, 0.3) is 0 Å². The lowest BCUT2D eigenvalue weighted by Crippen LogP contribution is -2.52. The van der Waals surface area contributed by atoms with Crippen LogP contribution in [0.5, 0.6) is 0 Å². The fourth-order valence-electron chi connectivity index (χ4n) is 5.85. The van der Waals surface area contributed by atoms with Gasteiger partial charge in [0.05, 0.1) is 6.61 Å². The molecule has 4 aliphatic rings. The fourth-order valence-corrected chi connectivity index (χ4v) is 5.85. The van der Waals surface area contributed by atoms with Gasteiger partial charge in [-0.15, -0.1) is 0 Å². The Balaban J connectivity index is 1.14. The van der Waals surface area contributed by atoms with Crippen molar-refractivity contribution in [3.63, 3.8) is 0 Å². The molecule has 4 fully saturated rings. The molecule has 0 radical (unpaired) electrons. The summed E-state index contributed by atoms with van der Waals surface area (Å²) in [4.78, 5) is 17.8. The van der Waals surface area contributed by atoms with Crippen LogP contribution in [0.4, 0.5) is 0 Å². The van der Waals surface area contributed by atoms with Crippen molar-refractivity contribution >= 4 is 5.91 Å². The van der Waals surface area contributed by atoms with Gasteiger partial charge in [0.25, 0.3) is 5.91 Å². The largest absolute Gasteiger partial charge is 0.395 e. The van der Waals surface area contributed by atoms with Crippen molar-refractivity contribution in [2.75, 3.05) is 32.8 Å². The van der Waals surface area contributed by atoms with E-state index in [0.717, 1.165) is 51.1 Å². The Bertz CT molecular complexity index is 703. The molecule has 160 valence electrons. The molecule has 7 heteroatoms. The summed E-state index contributed by atoms with van der Waals surface area (Å²) in [6, 6.07) is 3.26. The predicted octanol–water partition coefficient (Wildman–Crippen LogP) is 1.98. The first-order chi connectivity index (χ1) is 14.2. The Morgan fingerprint density at radius 2 is 2.00 bits per heavy atom. The molecule has 0 aromatic carbocycles. The summed E-state index contributed by atoms with van der Waals surface area (Å²) in [6.45, 7) is 4.49. The number of aliphatic hydroxyl groups excluding tert-OH is 1. The number of carbonyl (C=O) groups excluding carboxylic acids is 1. The van der Waals surface area contributed by atoms with Crippen molar-refractivity contribution in [2.24, 2.45) is 5.92 Å². The molecule has 2 N–H and O–H groups in total. The van der Waals surface area contributed by atoms with E-state index in [0.29, 0.717) is 29.6 Å². The lowest BCUT2D eigenvalue weighted by molar-refractivity contribution is 0.0618. The Kier molecular flexibility index (Phi) is 5.63. The van der Waals surface area contributed by atoms with Gasteiger partial charge in [0, 0.05) is 49.7 Å². The second kappa shape index (κ2) is 8.36. The van der Waals surface area contributed by atoms with Gasteiger partial charge in [0.2, 0.25) is 0 Å². The average Bonchev–Trinajstić information content (AvgIpc) is 3.40. The van der Waals surface area contributed by atoms with E-state index in [1.807, 2.05) is 6.07 Å². The van der Waals surface area contributed by atoms with E-state index in [-0.39, 0.29) is 18.6 Å². The Morgan fingerprint density at radius 3 is 2.72 bits per heavy atom. The number of β-amino-alcohol motifs (C(OH)–C–C–N with tert-alkyl or cyclic N) is 1. The van der Waals surface area contributed by atoms with Crippen molar-refractivity contribution in [3.8, 4) is 0 Å². The smallest absolute Gasteiger partial charge is 0.273 e. The first kappa shape index (κ1) is 19.5. The maximum absolute atomic E-state index is 12.6. The lowest BCUT2D eigenvalue weighted by Gasteiger charge is -2.42. The third kappa shape index (κ3) is 4.37. The summed E-state index contributed by atoms with van der Waals surface area (Å²) < 4.78 is 5.34. The van der Waals surface area contributed by atoms with Gasteiger partial charge < -0.3 is 19.8 Å². The predicted molar refractivity (Wildman–Crippen MR) is 109 cm³/mol. The number of nitrogens with one attached hydrogen (secondary N) is 1. The number of aromatic nitrogens is 1. The summed E-state index contributed by atoms with van der Waals surface area (Å²) in [5.74, 6) is 1.98. The minimum atomic E-state index is -0.0783. The zero-order chi connectivity index (χ0) is 19.8. The number of aliphatic hydroxyl groups is 1. The van der Waals surface area contributed by atoms with Gasteiger partial charge in [0.1, 0.15) is 5.76 Å². The highest BCUT2D eigenvalue weighted by molar-refractivity contribution is 5.92. The summed E-state index contributed by atoms with van der Waals surface area (Å²) in [5.41, 5.74) is 0.438. The fraction of sp³-hybridized carbons (Fsp3) is 0.818. The molecule has 1 saturated carbocycles. The summed E-state index contributed by atoms with van der Waals surface area (Å²) >= 11 is 0. The molecule has 3 aliphatic heterocycles. The van der Waals surface area contributed by atoms with Gasteiger partial charge in [-0.3, -0.25) is 9.69 Å². The molecule has 0 spiro atoms. The van der Waals surface area contributed by atoms with Crippen LogP contribution < -0.4 is 5.32 Å². The van der Waals surface area contributed by atoms with Crippen LogP contribution in [0.1, 0.15) is 73.5 Å². The zero-order valence-corrected chi connectivity index (χ0v) is 17.3. The number of amides is 1. The molecular weight excluding hydrogens is 368 g/mol. The second-order valence-corrected chi connectivity index (χ2v) is 9.64. The number of hydrogen-bond donors (Lipinski definition) is 2. The number of fused-ring (bicyclic) bond motifs is 2. The summed E-state index contributed by atoms with van der Waals surface area (Å²) in [6.07, 6.45) is 9.43. The number of rotatable bonds is 7. The highest BCUT2D eigenvalue weighted by Crippen LogP contribution is 2.40. The molecule has 1 amide bonds. The zero-order valence-electron chi connectivity index (χ0n) is 17.3. The molecule has 1 aromatic rings. The Labute approximate surface area is 172 Å². The topological polar surface area (TPSA) is 81.8 Å². The van der Waals surface area contributed by atoms with Crippen molar-refractivity contribution in [2.45, 2.75) is 75.4 Å². The molecule has 4 atom stereocenters. The quantitative estimate of drug-likeness (QED) is 0.726. The SMILES string of the molecule is O=C(N[C@H]1C[C@H]2CC[C@@H](C1)N2C[C@H]1CCCN(CCO)C1)c1cc(C2CC2)on1. The first-order valence-electron chi connectivity index (χ1n) is 11.6. The highest BCUT2D eigenvalue weighted by atomic mass is 16.5. The maximum Gasteiger partial charge on any atom is 0.273 e. The first-order valence-corrected chi connectivity index (χ1v) is 11.6. The number of nitrogens with zero attached hydrogens (tertiary/aromatic N) is 3. The number of carbonyl (C=O) groups is 1. The van der Waals surface area contributed by atoms with Crippen LogP contribution in [0.2, 0.25) is 0 Å². The van der Waals surface area contributed by atoms with Crippen LogP contribution in [-0.2, 0) is 0 Å². The highest BCUT2D eigenvalue weighted by Gasteiger charge is 2.42. The third-order valence-corrected chi connectivity index (χ3v) is 7.45. The van der Waals surface area contributed by atoms with E-state index in [1.165, 1.54) is 32.2 Å². The normalized spacial score (nSPS) is 33.1. The molecule has 4 heterocycles. The van der Waals surface area contributed by atoms with Gasteiger partial charge >= 0.3 is 0 Å². The molecular formula is C22H34N4O3. The van der Waals surface area contributed by atoms with Gasteiger partial charge in [-0.1, -0.05) is 5.16 Å². The minimum absolute atomic E-state index is 0.0783. The molecule has 0 unspecified atom stereocenters. The van der Waals surface area contributed by atoms with E-state index in [4.69, 9.17) is 4.52 Å². The second-order valence-electron chi connectivity index (χ2n) is 9.64. The van der Waals surface area contributed by atoms with Crippen LogP contribution in [-0.4, -0.2) is 76.9 Å². The molecule has 1 aromatic heterocycles. The number of piperidine rings is 2. The molecule has 2 bridgehead atoms. The minimum Gasteiger partial charge on any atom is -0.395 e. The summed E-state index contributed by atoms with van der Waals surface area (Å²) in [5, 5.41) is 16.5. The van der Waals surface area contributed by atoms with Gasteiger partial charge in [-0.2, -0.15) is 0 Å². The van der Waals surface area contributed by atoms with Crippen molar-refractivity contribution in [1.82, 2.24) is 20.3 Å². The van der Waals surface area contributed by atoms with Crippen molar-refractivity contribution in [3.05, 3.63) is 17.5 Å². The van der Waals surface area contributed by atoms with E-state index < -0.39 is 0 Å². The third-order valence-electron chi connectivity index (χ3n) is 7.45. The molecule has 5 rings (SSSR count). The van der Waals surface area contributed by atoms with Crippen LogP contribution >= 0.6 is 0 Å². The van der Waals surface area contributed by atoms with Crippen LogP contribution in [0, 0.1) is 5.92 Å². The monoisotopic (exact) mass is 402 g/mol. The number of likely N-dealkylation sites (tertiary alicyclic amines) is 1. The van der Waals surface area contributed by atoms with E-state index in [1.54, 1.807) is 0 Å².